The molecule has 0 amide bonds. The maximum atomic E-state index is 13.8. The Morgan fingerprint density at radius 2 is 1.83 bits per heavy atom. The van der Waals surface area contributed by atoms with Gasteiger partial charge in [-0.05, 0) is 12.8 Å². The maximum absolute atomic E-state index is 13.8. The summed E-state index contributed by atoms with van der Waals surface area (Å²) < 4.78 is 27.5. The minimum atomic E-state index is -2.66. The summed E-state index contributed by atoms with van der Waals surface area (Å²) in [5.41, 5.74) is 2.01. The van der Waals surface area contributed by atoms with E-state index in [1.807, 2.05) is 18.3 Å². The summed E-state index contributed by atoms with van der Waals surface area (Å²) >= 11 is 0. The molecule has 0 radical (unpaired) electrons. The molecule has 2 aromatic heterocycles. The molecule has 2 N–H and O–H groups in total. The van der Waals surface area contributed by atoms with Gasteiger partial charge in [-0.2, -0.15) is 0 Å². The minimum Gasteiger partial charge on any atom is -0.369 e. The van der Waals surface area contributed by atoms with Gasteiger partial charge >= 0.3 is 0 Å². The molecule has 0 aromatic carbocycles. The quantitative estimate of drug-likeness (QED) is 0.798. The van der Waals surface area contributed by atoms with E-state index >= 15 is 0 Å². The number of hydrogen-bond acceptors (Lipinski definition) is 7. The maximum Gasteiger partial charge on any atom is 0.266 e. The third-order valence-corrected chi connectivity index (χ3v) is 5.70. The van der Waals surface area contributed by atoms with Gasteiger partial charge in [0, 0.05) is 62.9 Å². The summed E-state index contributed by atoms with van der Waals surface area (Å²) in [4.78, 5) is 17.5. The summed E-state index contributed by atoms with van der Waals surface area (Å²) in [5.74, 6) is -0.334. The third-order valence-electron chi connectivity index (χ3n) is 5.70. The number of alkyl halides is 2. The molecule has 0 unspecified atom stereocenters. The lowest BCUT2D eigenvalue weighted by Gasteiger charge is -2.30. The zero-order valence-electron chi connectivity index (χ0n) is 16.2. The zero-order valence-corrected chi connectivity index (χ0v) is 16.2. The van der Waals surface area contributed by atoms with Gasteiger partial charge in [0.1, 0.15) is 17.5 Å². The largest absolute Gasteiger partial charge is 0.369 e. The average molecular weight is 401 g/mol. The van der Waals surface area contributed by atoms with E-state index in [1.54, 1.807) is 11.1 Å². The van der Waals surface area contributed by atoms with Crippen molar-refractivity contribution < 1.29 is 8.78 Å². The van der Waals surface area contributed by atoms with E-state index in [0.29, 0.717) is 29.9 Å². The van der Waals surface area contributed by atoms with Gasteiger partial charge in [-0.3, -0.25) is 4.98 Å². The standard InChI is InChI=1S/C20H25F2N7/c21-20(22)3-6-29(13-20)19-10-15(28-7-4-23-5-8-28)9-17(27-19)26-18-12-24-16(11-25-18)14-1-2-14/h9-12,14,23H,1-8,13H2,(H,25,26,27). The van der Waals surface area contributed by atoms with Crippen LogP contribution in [0.2, 0.25) is 0 Å². The minimum absolute atomic E-state index is 0.136. The number of rotatable bonds is 5. The van der Waals surface area contributed by atoms with Gasteiger partial charge in [0.15, 0.2) is 0 Å². The van der Waals surface area contributed by atoms with E-state index in [1.165, 1.54) is 12.8 Å². The molecule has 4 heterocycles. The molecule has 0 atom stereocenters. The monoisotopic (exact) mass is 401 g/mol. The average Bonchev–Trinajstić information content (AvgIpc) is 3.51. The molecule has 5 rings (SSSR count). The molecular weight excluding hydrogens is 376 g/mol. The first kappa shape index (κ1) is 18.5. The van der Waals surface area contributed by atoms with Crippen molar-refractivity contribution in [3.05, 3.63) is 30.2 Å². The number of anilines is 4. The molecule has 0 bridgehead atoms. The highest BCUT2D eigenvalue weighted by atomic mass is 19.3. The van der Waals surface area contributed by atoms with E-state index in [9.17, 15) is 8.78 Å². The zero-order chi connectivity index (χ0) is 19.8. The van der Waals surface area contributed by atoms with Crippen LogP contribution in [0.4, 0.5) is 31.9 Å². The molecule has 2 saturated heterocycles. The second-order valence-corrected chi connectivity index (χ2v) is 8.06. The van der Waals surface area contributed by atoms with Crippen molar-refractivity contribution in [2.45, 2.75) is 31.1 Å². The van der Waals surface area contributed by atoms with Gasteiger partial charge < -0.3 is 20.4 Å². The summed E-state index contributed by atoms with van der Waals surface area (Å²) in [7, 11) is 0. The Labute approximate surface area is 168 Å². The SMILES string of the molecule is FC1(F)CCN(c2cc(N3CCNCC3)cc(Nc3cnc(C4CC4)cn3)n2)C1. The van der Waals surface area contributed by atoms with E-state index in [-0.39, 0.29) is 13.0 Å². The Balaban J connectivity index is 1.42. The molecular formula is C20H25F2N7. The molecule has 154 valence electrons. The Hall–Kier alpha value is -2.55. The summed E-state index contributed by atoms with van der Waals surface area (Å²) in [5, 5.41) is 6.55. The highest BCUT2D eigenvalue weighted by molar-refractivity contribution is 5.65. The number of piperazine rings is 1. The van der Waals surface area contributed by atoms with Crippen LogP contribution in [0.3, 0.4) is 0 Å². The van der Waals surface area contributed by atoms with Crippen LogP contribution in [0.25, 0.3) is 0 Å². The molecule has 7 nitrogen and oxygen atoms in total. The highest BCUT2D eigenvalue weighted by Gasteiger charge is 2.39. The topological polar surface area (TPSA) is 69.2 Å². The molecule has 2 aromatic rings. The van der Waals surface area contributed by atoms with Crippen LogP contribution in [0.5, 0.6) is 0 Å². The predicted molar refractivity (Wildman–Crippen MR) is 108 cm³/mol. The fraction of sp³-hybridized carbons (Fsp3) is 0.550. The molecule has 0 spiro atoms. The van der Waals surface area contributed by atoms with Gasteiger partial charge in [0.2, 0.25) is 0 Å². The molecule has 9 heteroatoms. The first-order valence-electron chi connectivity index (χ1n) is 10.3. The Morgan fingerprint density at radius 3 is 2.48 bits per heavy atom. The fourth-order valence-electron chi connectivity index (χ4n) is 3.89. The number of nitrogens with one attached hydrogen (secondary N) is 2. The van der Waals surface area contributed by atoms with Crippen molar-refractivity contribution in [3.8, 4) is 0 Å². The van der Waals surface area contributed by atoms with Gasteiger partial charge in [-0.25, -0.2) is 18.7 Å². The first-order valence-corrected chi connectivity index (χ1v) is 10.3. The van der Waals surface area contributed by atoms with Crippen LogP contribution >= 0.6 is 0 Å². The van der Waals surface area contributed by atoms with E-state index in [4.69, 9.17) is 0 Å². The van der Waals surface area contributed by atoms with Crippen LogP contribution in [-0.2, 0) is 0 Å². The second kappa shape index (κ2) is 7.37. The number of halogens is 2. The third kappa shape index (κ3) is 4.24. The first-order chi connectivity index (χ1) is 14.1. The van der Waals surface area contributed by atoms with Gasteiger partial charge in [-0.1, -0.05) is 0 Å². The fourth-order valence-corrected chi connectivity index (χ4v) is 3.89. The number of nitrogens with zero attached hydrogens (tertiary/aromatic N) is 5. The van der Waals surface area contributed by atoms with Gasteiger partial charge in [0.05, 0.1) is 24.6 Å². The number of hydrogen-bond donors (Lipinski definition) is 2. The van der Waals surface area contributed by atoms with E-state index in [0.717, 1.165) is 37.6 Å². The predicted octanol–water partition coefficient (Wildman–Crippen LogP) is 2.75. The van der Waals surface area contributed by atoms with Crippen molar-refractivity contribution >= 4 is 23.1 Å². The number of aromatic nitrogens is 3. The van der Waals surface area contributed by atoms with E-state index in [2.05, 4.69) is 30.5 Å². The molecule has 1 aliphatic carbocycles. The van der Waals surface area contributed by atoms with Gasteiger partial charge in [-0.15, -0.1) is 0 Å². The van der Waals surface area contributed by atoms with Crippen molar-refractivity contribution in [2.75, 3.05) is 54.4 Å². The van der Waals surface area contributed by atoms with Crippen molar-refractivity contribution in [3.63, 3.8) is 0 Å². The van der Waals surface area contributed by atoms with Gasteiger partial charge in [0.25, 0.3) is 5.92 Å². The second-order valence-electron chi connectivity index (χ2n) is 8.06. The lowest BCUT2D eigenvalue weighted by molar-refractivity contribution is 0.0256. The Kier molecular flexibility index (Phi) is 4.69. The Morgan fingerprint density at radius 1 is 1.00 bits per heavy atom. The van der Waals surface area contributed by atoms with Crippen molar-refractivity contribution in [1.29, 1.82) is 0 Å². The van der Waals surface area contributed by atoms with E-state index < -0.39 is 5.92 Å². The molecule has 29 heavy (non-hydrogen) atoms. The summed E-state index contributed by atoms with van der Waals surface area (Å²) in [6, 6.07) is 3.87. The lowest BCUT2D eigenvalue weighted by atomic mass is 10.2. The van der Waals surface area contributed by atoms with Crippen LogP contribution in [0.1, 0.15) is 30.9 Å². The number of pyridine rings is 1. The van der Waals surface area contributed by atoms with Crippen LogP contribution in [0.15, 0.2) is 24.5 Å². The van der Waals surface area contributed by atoms with Crippen molar-refractivity contribution in [1.82, 2.24) is 20.3 Å². The smallest absolute Gasteiger partial charge is 0.266 e. The van der Waals surface area contributed by atoms with Crippen molar-refractivity contribution in [2.24, 2.45) is 0 Å². The highest BCUT2D eigenvalue weighted by Crippen LogP contribution is 2.38. The van der Waals surface area contributed by atoms with Crippen LogP contribution < -0.4 is 20.4 Å². The van der Waals surface area contributed by atoms with Crippen LogP contribution in [0, 0.1) is 0 Å². The molecule has 3 fully saturated rings. The Bertz CT molecular complexity index is 864. The molecule has 2 aliphatic heterocycles. The summed E-state index contributed by atoms with van der Waals surface area (Å²) in [6.07, 6.45) is 5.75. The lowest BCUT2D eigenvalue weighted by Crippen LogP contribution is -2.43. The normalized spacial score (nSPS) is 21.4. The molecule has 3 aliphatic rings. The van der Waals surface area contributed by atoms with Crippen LogP contribution in [-0.4, -0.2) is 60.1 Å². The summed E-state index contributed by atoms with van der Waals surface area (Å²) in [6.45, 7) is 3.55. The molecule has 1 saturated carbocycles.